The Morgan fingerprint density at radius 1 is 1.35 bits per heavy atom. The van der Waals surface area contributed by atoms with Crippen molar-refractivity contribution < 1.29 is 9.84 Å². The Bertz CT molecular complexity index is 671. The molecule has 1 aliphatic heterocycles. The lowest BCUT2D eigenvalue weighted by molar-refractivity contribution is 0.357. The summed E-state index contributed by atoms with van der Waals surface area (Å²) in [7, 11) is 0. The Kier molecular flexibility index (Phi) is 2.52. The maximum atomic E-state index is 9.95. The van der Waals surface area contributed by atoms with Gasteiger partial charge in [0.1, 0.15) is 11.5 Å². The quantitative estimate of drug-likeness (QED) is 0.932. The van der Waals surface area contributed by atoms with Crippen molar-refractivity contribution in [2.24, 2.45) is 0 Å². The van der Waals surface area contributed by atoms with E-state index >= 15 is 0 Å². The van der Waals surface area contributed by atoms with Crippen LogP contribution in [0, 0.1) is 0 Å². The molecule has 0 spiro atoms. The highest BCUT2D eigenvalue weighted by Gasteiger charge is 2.29. The molecule has 20 heavy (non-hydrogen) atoms. The second-order valence-corrected chi connectivity index (χ2v) is 5.62. The summed E-state index contributed by atoms with van der Waals surface area (Å²) in [5.41, 5.74) is 4.30. The summed E-state index contributed by atoms with van der Waals surface area (Å²) in [5, 5.41) is 14.6. The van der Waals surface area contributed by atoms with E-state index in [1.165, 1.54) is 18.5 Å². The van der Waals surface area contributed by atoms with Gasteiger partial charge in [-0.05, 0) is 38.0 Å². The molecule has 1 fully saturated rings. The van der Waals surface area contributed by atoms with E-state index in [0.29, 0.717) is 18.3 Å². The van der Waals surface area contributed by atoms with Crippen LogP contribution >= 0.6 is 0 Å². The molecule has 1 aliphatic carbocycles. The van der Waals surface area contributed by atoms with Gasteiger partial charge in [-0.3, -0.25) is 4.68 Å². The number of aromatic nitrogens is 2. The minimum Gasteiger partial charge on any atom is -0.508 e. The lowest BCUT2D eigenvalue weighted by Gasteiger charge is -2.10. The molecule has 4 heteroatoms. The topological polar surface area (TPSA) is 47.3 Å². The van der Waals surface area contributed by atoms with Gasteiger partial charge in [-0.1, -0.05) is 0 Å². The molecule has 2 heterocycles. The Morgan fingerprint density at radius 3 is 2.95 bits per heavy atom. The third-order valence-electron chi connectivity index (χ3n) is 4.14. The second kappa shape index (κ2) is 4.27. The van der Waals surface area contributed by atoms with E-state index in [9.17, 15) is 5.11 Å². The first-order chi connectivity index (χ1) is 9.76. The van der Waals surface area contributed by atoms with Crippen LogP contribution < -0.4 is 4.74 Å². The van der Waals surface area contributed by atoms with E-state index < -0.39 is 0 Å². The van der Waals surface area contributed by atoms with Crippen molar-refractivity contribution in [3.8, 4) is 22.8 Å². The number of aromatic hydroxyl groups is 1. The van der Waals surface area contributed by atoms with Crippen LogP contribution in [0.2, 0.25) is 0 Å². The van der Waals surface area contributed by atoms with Gasteiger partial charge in [-0.2, -0.15) is 5.10 Å². The zero-order valence-electron chi connectivity index (χ0n) is 11.6. The number of nitrogens with zero attached hydrogens (tertiary/aromatic N) is 2. The summed E-state index contributed by atoms with van der Waals surface area (Å²) in [6.45, 7) is 3.62. The van der Waals surface area contributed by atoms with E-state index in [0.717, 1.165) is 35.5 Å². The highest BCUT2D eigenvalue weighted by molar-refractivity contribution is 5.73. The molecular formula is C16H18N2O2. The van der Waals surface area contributed by atoms with E-state index in [2.05, 4.69) is 13.0 Å². The Labute approximate surface area is 118 Å². The number of hydrogen-bond acceptors (Lipinski definition) is 3. The van der Waals surface area contributed by atoms with Crippen molar-refractivity contribution in [2.45, 2.75) is 38.6 Å². The minimum atomic E-state index is 0.307. The van der Waals surface area contributed by atoms with Crippen molar-refractivity contribution in [1.29, 1.82) is 0 Å². The molecule has 4 rings (SSSR count). The summed E-state index contributed by atoms with van der Waals surface area (Å²) in [6.07, 6.45) is 3.36. The van der Waals surface area contributed by atoms with Crippen LogP contribution in [0.25, 0.3) is 11.3 Å². The zero-order chi connectivity index (χ0) is 13.7. The standard InChI is InChI=1S/C16H18N2O2/c1-2-18-15(9-14(17-18)10-3-4-10)13-8-12(19)7-11-5-6-20-16(11)13/h7-10,19H,2-6H2,1H3. The second-order valence-electron chi connectivity index (χ2n) is 5.62. The fraction of sp³-hybridized carbons (Fsp3) is 0.438. The van der Waals surface area contributed by atoms with Gasteiger partial charge in [0.15, 0.2) is 0 Å². The number of aryl methyl sites for hydroxylation is 1. The summed E-state index contributed by atoms with van der Waals surface area (Å²) in [5.74, 6) is 1.86. The lowest BCUT2D eigenvalue weighted by Crippen LogP contribution is -2.00. The van der Waals surface area contributed by atoms with Crippen LogP contribution in [-0.2, 0) is 13.0 Å². The number of phenols is 1. The summed E-state index contributed by atoms with van der Waals surface area (Å²) < 4.78 is 7.79. The van der Waals surface area contributed by atoms with Gasteiger partial charge in [0.05, 0.1) is 18.0 Å². The molecule has 2 aromatic rings. The van der Waals surface area contributed by atoms with Gasteiger partial charge in [0, 0.05) is 30.0 Å². The van der Waals surface area contributed by atoms with Crippen molar-refractivity contribution in [2.75, 3.05) is 6.61 Å². The lowest BCUT2D eigenvalue weighted by atomic mass is 10.0. The normalized spacial score (nSPS) is 17.1. The van der Waals surface area contributed by atoms with Crippen molar-refractivity contribution >= 4 is 0 Å². The molecule has 0 atom stereocenters. The van der Waals surface area contributed by atoms with Gasteiger partial charge in [-0.25, -0.2) is 0 Å². The maximum Gasteiger partial charge on any atom is 0.132 e. The molecule has 0 radical (unpaired) electrons. The van der Waals surface area contributed by atoms with Crippen LogP contribution in [0.3, 0.4) is 0 Å². The predicted molar refractivity (Wildman–Crippen MR) is 76.2 cm³/mol. The molecule has 2 aliphatic rings. The molecular weight excluding hydrogens is 252 g/mol. The SMILES string of the molecule is CCn1nc(C2CC2)cc1-c1cc(O)cc2c1OCC2. The zero-order valence-corrected chi connectivity index (χ0v) is 11.6. The third kappa shape index (κ3) is 1.79. The molecule has 1 aromatic carbocycles. The van der Waals surface area contributed by atoms with Gasteiger partial charge >= 0.3 is 0 Å². The molecule has 0 amide bonds. The monoisotopic (exact) mass is 270 g/mol. The third-order valence-corrected chi connectivity index (χ3v) is 4.14. The van der Waals surface area contributed by atoms with Crippen LogP contribution in [0.15, 0.2) is 18.2 Å². The first-order valence-corrected chi connectivity index (χ1v) is 7.33. The molecule has 1 N–H and O–H groups in total. The van der Waals surface area contributed by atoms with Crippen LogP contribution in [0.5, 0.6) is 11.5 Å². The number of rotatable bonds is 3. The van der Waals surface area contributed by atoms with E-state index in [4.69, 9.17) is 9.84 Å². The molecule has 104 valence electrons. The predicted octanol–water partition coefficient (Wildman–Crippen LogP) is 3.09. The average molecular weight is 270 g/mol. The van der Waals surface area contributed by atoms with Gasteiger partial charge in [-0.15, -0.1) is 0 Å². The molecule has 1 aromatic heterocycles. The average Bonchev–Trinajstić information content (AvgIpc) is 3.03. The van der Waals surface area contributed by atoms with Crippen LogP contribution in [0.1, 0.15) is 36.9 Å². The Hall–Kier alpha value is -1.97. The number of benzene rings is 1. The largest absolute Gasteiger partial charge is 0.508 e. The minimum absolute atomic E-state index is 0.307. The van der Waals surface area contributed by atoms with Gasteiger partial charge in [0.25, 0.3) is 0 Å². The van der Waals surface area contributed by atoms with Gasteiger partial charge < -0.3 is 9.84 Å². The Balaban J connectivity index is 1.88. The fourth-order valence-corrected chi connectivity index (χ4v) is 2.95. The van der Waals surface area contributed by atoms with E-state index in [1.807, 2.05) is 4.68 Å². The summed E-state index contributed by atoms with van der Waals surface area (Å²) >= 11 is 0. The summed E-state index contributed by atoms with van der Waals surface area (Å²) in [6, 6.07) is 5.77. The van der Waals surface area contributed by atoms with E-state index in [-0.39, 0.29) is 0 Å². The molecule has 0 saturated heterocycles. The van der Waals surface area contributed by atoms with Crippen LogP contribution in [0.4, 0.5) is 0 Å². The van der Waals surface area contributed by atoms with E-state index in [1.54, 1.807) is 12.1 Å². The molecule has 4 nitrogen and oxygen atoms in total. The molecule has 0 bridgehead atoms. The van der Waals surface area contributed by atoms with Crippen molar-refractivity contribution in [1.82, 2.24) is 9.78 Å². The highest BCUT2D eigenvalue weighted by atomic mass is 16.5. The highest BCUT2D eigenvalue weighted by Crippen LogP contribution is 2.44. The first-order valence-electron chi connectivity index (χ1n) is 7.33. The number of ether oxygens (including phenoxy) is 1. The summed E-state index contributed by atoms with van der Waals surface area (Å²) in [4.78, 5) is 0. The number of fused-ring (bicyclic) bond motifs is 1. The van der Waals surface area contributed by atoms with Crippen molar-refractivity contribution in [3.05, 3.63) is 29.5 Å². The van der Waals surface area contributed by atoms with Crippen molar-refractivity contribution in [3.63, 3.8) is 0 Å². The van der Waals surface area contributed by atoms with Gasteiger partial charge in [0.2, 0.25) is 0 Å². The first kappa shape index (κ1) is 11.8. The molecule has 0 unspecified atom stereocenters. The molecule has 1 saturated carbocycles. The fourth-order valence-electron chi connectivity index (χ4n) is 2.95. The van der Waals surface area contributed by atoms with Crippen LogP contribution in [-0.4, -0.2) is 21.5 Å². The number of phenolic OH excluding ortho intramolecular Hbond substituents is 1. The Morgan fingerprint density at radius 2 is 2.20 bits per heavy atom. The smallest absolute Gasteiger partial charge is 0.132 e. The maximum absolute atomic E-state index is 9.95. The number of hydrogen-bond donors (Lipinski definition) is 1.